The van der Waals surface area contributed by atoms with E-state index in [0.717, 1.165) is 19.3 Å². The van der Waals surface area contributed by atoms with Gasteiger partial charge in [0.15, 0.2) is 5.76 Å². The maximum Gasteiger partial charge on any atom is 0.373 e. The summed E-state index contributed by atoms with van der Waals surface area (Å²) in [6.45, 7) is 3.09. The number of hydrogen-bond donors (Lipinski definition) is 4. The SMILES string of the molecule is C=C(O)C(=O)OC1C2CCC(C2)C1CC(O)(O)O. The van der Waals surface area contributed by atoms with Gasteiger partial charge in [-0.15, -0.1) is 0 Å². The molecule has 2 aliphatic carbocycles. The number of aliphatic hydroxyl groups excluding tert-OH is 1. The average molecular weight is 258 g/mol. The van der Waals surface area contributed by atoms with Gasteiger partial charge in [-0.05, 0) is 37.7 Å². The minimum atomic E-state index is -2.75. The fourth-order valence-electron chi connectivity index (χ4n) is 3.33. The first-order valence-corrected chi connectivity index (χ1v) is 6.04. The van der Waals surface area contributed by atoms with Crippen LogP contribution in [-0.4, -0.2) is 38.5 Å². The fourth-order valence-corrected chi connectivity index (χ4v) is 3.33. The lowest BCUT2D eigenvalue weighted by Gasteiger charge is -2.32. The molecule has 2 fully saturated rings. The standard InChI is InChI=1S/C12H18O6/c1-6(13)11(14)18-10-8-3-2-7(4-8)9(10)5-12(15,16)17/h7-10,13,15-17H,1-5H2. The van der Waals surface area contributed by atoms with Gasteiger partial charge in [0, 0.05) is 12.3 Å². The van der Waals surface area contributed by atoms with Crippen LogP contribution in [0.25, 0.3) is 0 Å². The predicted octanol–water partition coefficient (Wildman–Crippen LogP) is 0.0368. The van der Waals surface area contributed by atoms with Crippen LogP contribution in [0.4, 0.5) is 0 Å². The molecule has 4 atom stereocenters. The molecule has 0 aromatic rings. The zero-order valence-electron chi connectivity index (χ0n) is 9.95. The highest BCUT2D eigenvalue weighted by Gasteiger charge is 2.51. The Morgan fingerprint density at radius 3 is 2.44 bits per heavy atom. The van der Waals surface area contributed by atoms with Gasteiger partial charge in [-0.1, -0.05) is 0 Å². The van der Waals surface area contributed by atoms with Crippen LogP contribution >= 0.6 is 0 Å². The van der Waals surface area contributed by atoms with Crippen molar-refractivity contribution >= 4 is 5.97 Å². The summed E-state index contributed by atoms with van der Waals surface area (Å²) in [4.78, 5) is 11.3. The van der Waals surface area contributed by atoms with Crippen molar-refractivity contribution in [2.24, 2.45) is 17.8 Å². The van der Waals surface area contributed by atoms with Gasteiger partial charge >= 0.3 is 5.97 Å². The van der Waals surface area contributed by atoms with E-state index in [9.17, 15) is 4.79 Å². The van der Waals surface area contributed by atoms with Crippen LogP contribution in [0.3, 0.4) is 0 Å². The molecule has 102 valence electrons. The van der Waals surface area contributed by atoms with E-state index in [1.807, 2.05) is 0 Å². The molecule has 0 saturated heterocycles. The van der Waals surface area contributed by atoms with E-state index in [4.69, 9.17) is 25.2 Å². The van der Waals surface area contributed by atoms with E-state index in [-0.39, 0.29) is 24.2 Å². The van der Waals surface area contributed by atoms with E-state index in [0.29, 0.717) is 0 Å². The minimum absolute atomic E-state index is 0.158. The first kappa shape index (κ1) is 13.3. The Morgan fingerprint density at radius 1 is 1.28 bits per heavy atom. The summed E-state index contributed by atoms with van der Waals surface area (Å²) in [7, 11) is 0. The van der Waals surface area contributed by atoms with Crippen LogP contribution in [0, 0.1) is 17.8 Å². The van der Waals surface area contributed by atoms with Crippen LogP contribution < -0.4 is 0 Å². The summed E-state index contributed by atoms with van der Waals surface area (Å²) >= 11 is 0. The van der Waals surface area contributed by atoms with Gasteiger partial charge in [0.25, 0.3) is 5.97 Å². The number of aliphatic hydroxyl groups is 4. The third kappa shape index (κ3) is 2.66. The molecular formula is C12H18O6. The van der Waals surface area contributed by atoms with E-state index >= 15 is 0 Å². The summed E-state index contributed by atoms with van der Waals surface area (Å²) in [5.41, 5.74) is 0. The van der Waals surface area contributed by atoms with E-state index in [1.165, 1.54) is 0 Å². The van der Waals surface area contributed by atoms with Gasteiger partial charge in [-0.2, -0.15) is 0 Å². The van der Waals surface area contributed by atoms with Crippen LogP contribution in [0.15, 0.2) is 12.3 Å². The molecule has 4 unspecified atom stereocenters. The van der Waals surface area contributed by atoms with Gasteiger partial charge in [-0.25, -0.2) is 4.79 Å². The van der Waals surface area contributed by atoms with Gasteiger partial charge in [-0.3, -0.25) is 0 Å². The Kier molecular flexibility index (Phi) is 3.35. The third-order valence-electron chi connectivity index (χ3n) is 3.99. The number of rotatable bonds is 4. The van der Waals surface area contributed by atoms with Gasteiger partial charge in [0.05, 0.1) is 0 Å². The lowest BCUT2D eigenvalue weighted by atomic mass is 9.83. The zero-order valence-corrected chi connectivity index (χ0v) is 9.95. The second-order valence-electron chi connectivity index (χ2n) is 5.29. The van der Waals surface area contributed by atoms with Crippen molar-refractivity contribution in [1.29, 1.82) is 0 Å². The van der Waals surface area contributed by atoms with Crippen molar-refractivity contribution in [3.8, 4) is 0 Å². The second kappa shape index (κ2) is 4.53. The monoisotopic (exact) mass is 258 g/mol. The van der Waals surface area contributed by atoms with Crippen molar-refractivity contribution in [1.82, 2.24) is 0 Å². The number of fused-ring (bicyclic) bond motifs is 2. The molecular weight excluding hydrogens is 240 g/mol. The molecule has 0 spiro atoms. The average Bonchev–Trinajstić information content (AvgIpc) is 2.79. The smallest absolute Gasteiger partial charge is 0.373 e. The second-order valence-corrected chi connectivity index (χ2v) is 5.29. The maximum atomic E-state index is 11.3. The Morgan fingerprint density at radius 2 is 1.89 bits per heavy atom. The molecule has 6 heteroatoms. The predicted molar refractivity (Wildman–Crippen MR) is 60.0 cm³/mol. The van der Waals surface area contributed by atoms with Crippen molar-refractivity contribution in [3.63, 3.8) is 0 Å². The fraction of sp³-hybridized carbons (Fsp3) is 0.750. The van der Waals surface area contributed by atoms with Crippen molar-refractivity contribution < 1.29 is 30.0 Å². The lowest BCUT2D eigenvalue weighted by molar-refractivity contribution is -0.324. The summed E-state index contributed by atoms with van der Waals surface area (Å²) in [5.74, 6) is -4.24. The molecule has 0 aromatic heterocycles. The molecule has 0 aromatic carbocycles. The first-order chi connectivity index (χ1) is 8.28. The quantitative estimate of drug-likeness (QED) is 0.245. The molecule has 0 heterocycles. The number of esters is 1. The largest absolute Gasteiger partial charge is 0.502 e. The first-order valence-electron chi connectivity index (χ1n) is 6.04. The maximum absolute atomic E-state index is 11.3. The zero-order chi connectivity index (χ0) is 13.5. The van der Waals surface area contributed by atoms with E-state index < -0.39 is 23.8 Å². The van der Waals surface area contributed by atoms with Gasteiger partial charge in [0.1, 0.15) is 6.10 Å². The van der Waals surface area contributed by atoms with Crippen molar-refractivity contribution in [2.75, 3.05) is 0 Å². The molecule has 2 rings (SSSR count). The number of carbonyl (C=O) groups is 1. The summed E-state index contributed by atoms with van der Waals surface area (Å²) in [6, 6.07) is 0. The number of hydrogen-bond acceptors (Lipinski definition) is 6. The molecule has 4 N–H and O–H groups in total. The van der Waals surface area contributed by atoms with Gasteiger partial charge < -0.3 is 25.2 Å². The topological polar surface area (TPSA) is 107 Å². The molecule has 2 saturated carbocycles. The third-order valence-corrected chi connectivity index (χ3v) is 3.99. The van der Waals surface area contributed by atoms with Crippen molar-refractivity contribution in [3.05, 3.63) is 12.3 Å². The molecule has 0 amide bonds. The Balaban J connectivity index is 2.06. The highest BCUT2D eigenvalue weighted by molar-refractivity contribution is 5.85. The molecule has 2 bridgehead atoms. The van der Waals surface area contributed by atoms with Crippen LogP contribution in [0.2, 0.25) is 0 Å². The van der Waals surface area contributed by atoms with Crippen LogP contribution in [0.5, 0.6) is 0 Å². The van der Waals surface area contributed by atoms with E-state index in [1.54, 1.807) is 0 Å². The molecule has 18 heavy (non-hydrogen) atoms. The summed E-state index contributed by atoms with van der Waals surface area (Å²) < 4.78 is 5.14. The number of ether oxygens (including phenoxy) is 1. The van der Waals surface area contributed by atoms with Crippen LogP contribution in [0.1, 0.15) is 25.7 Å². The highest BCUT2D eigenvalue weighted by Crippen LogP contribution is 2.52. The number of carbonyl (C=O) groups excluding carboxylic acids is 1. The lowest BCUT2D eigenvalue weighted by Crippen LogP contribution is -2.39. The van der Waals surface area contributed by atoms with E-state index in [2.05, 4.69) is 6.58 Å². The minimum Gasteiger partial charge on any atom is -0.502 e. The molecule has 6 nitrogen and oxygen atoms in total. The summed E-state index contributed by atoms with van der Waals surface area (Å²) in [5, 5.41) is 36.2. The molecule has 0 radical (unpaired) electrons. The molecule has 0 aliphatic heterocycles. The van der Waals surface area contributed by atoms with Crippen molar-refractivity contribution in [2.45, 2.75) is 37.8 Å². The highest BCUT2D eigenvalue weighted by atomic mass is 16.7. The Hall–Kier alpha value is -1.11. The van der Waals surface area contributed by atoms with Gasteiger partial charge in [0.2, 0.25) is 0 Å². The van der Waals surface area contributed by atoms with Crippen LogP contribution in [-0.2, 0) is 9.53 Å². The molecule has 2 aliphatic rings. The normalized spacial score (nSPS) is 34.6. The summed E-state index contributed by atoms with van der Waals surface area (Å²) in [6.07, 6.45) is 1.93. The Labute approximate surface area is 105 Å². The Bertz CT molecular complexity index is 358.